The van der Waals surface area contributed by atoms with Crippen molar-refractivity contribution >= 4 is 17.9 Å². The number of fused-ring (bicyclic) bond motifs is 1. The molecule has 30 heavy (non-hydrogen) atoms. The average Bonchev–Trinajstić information content (AvgIpc) is 3.11. The van der Waals surface area contributed by atoms with E-state index in [1.54, 1.807) is 12.1 Å². The number of hydrogen-bond acceptors (Lipinski definition) is 3. The van der Waals surface area contributed by atoms with E-state index in [1.165, 1.54) is 0 Å². The van der Waals surface area contributed by atoms with Gasteiger partial charge < -0.3 is 9.47 Å². The highest BCUT2D eigenvalue weighted by Crippen LogP contribution is 2.39. The van der Waals surface area contributed by atoms with Crippen molar-refractivity contribution in [2.75, 3.05) is 0 Å². The summed E-state index contributed by atoms with van der Waals surface area (Å²) < 4.78 is 11.9. The third kappa shape index (κ3) is 4.11. The van der Waals surface area contributed by atoms with E-state index in [-0.39, 0.29) is 5.78 Å². The molecule has 0 radical (unpaired) electrons. The summed E-state index contributed by atoms with van der Waals surface area (Å²) >= 11 is 0. The predicted octanol–water partition coefficient (Wildman–Crippen LogP) is 6.39. The third-order valence-electron chi connectivity index (χ3n) is 4.98. The lowest BCUT2D eigenvalue weighted by Gasteiger charge is -2.11. The molecule has 0 unspecified atom stereocenters. The van der Waals surface area contributed by atoms with Crippen LogP contribution in [0.15, 0.2) is 91.2 Å². The lowest BCUT2D eigenvalue weighted by molar-refractivity contribution is 0.101. The molecule has 0 bridgehead atoms. The van der Waals surface area contributed by atoms with Gasteiger partial charge in [0, 0.05) is 5.56 Å². The molecule has 3 nitrogen and oxygen atoms in total. The fourth-order valence-corrected chi connectivity index (χ4v) is 3.26. The summed E-state index contributed by atoms with van der Waals surface area (Å²) in [6, 6.07) is 21.5. The number of hydrogen-bond donors (Lipinski definition) is 0. The van der Waals surface area contributed by atoms with E-state index in [0.29, 0.717) is 29.4 Å². The van der Waals surface area contributed by atoms with Crippen LogP contribution in [0, 0.1) is 6.92 Å². The van der Waals surface area contributed by atoms with Crippen molar-refractivity contribution < 1.29 is 14.3 Å². The minimum atomic E-state index is -0.114. The molecule has 0 spiro atoms. The fraction of sp³-hybridized carbons (Fsp3) is 0.0741. The van der Waals surface area contributed by atoms with E-state index in [4.69, 9.17) is 9.47 Å². The molecule has 0 aromatic heterocycles. The highest BCUT2D eigenvalue weighted by molar-refractivity contribution is 6.12. The standard InChI is InChI=1S/C27H22O3/c1-3-20-12-14-22(15-13-20)18-29-24-17-16-23-26(28)25(30-27(23)19(24)2)11-7-10-21-8-5-4-6-9-21/h3-17H,1,18H2,2H3/b10-7+,25-11-. The second-order valence-corrected chi connectivity index (χ2v) is 7.03. The first-order chi connectivity index (χ1) is 14.7. The van der Waals surface area contributed by atoms with Crippen molar-refractivity contribution in [1.29, 1.82) is 0 Å². The van der Waals surface area contributed by atoms with Crippen molar-refractivity contribution in [2.24, 2.45) is 0 Å². The SMILES string of the molecule is C=Cc1ccc(COc2ccc3c(c2C)O/C(=C\C=C\c2ccccc2)C3=O)cc1. The molecule has 1 heterocycles. The van der Waals surface area contributed by atoms with E-state index >= 15 is 0 Å². The first kappa shape index (κ1) is 19.5. The van der Waals surface area contributed by atoms with E-state index in [2.05, 4.69) is 6.58 Å². The van der Waals surface area contributed by atoms with Gasteiger partial charge in [-0.25, -0.2) is 0 Å². The van der Waals surface area contributed by atoms with Crippen molar-refractivity contribution in [2.45, 2.75) is 13.5 Å². The normalized spacial score (nSPS) is 14.0. The Morgan fingerprint density at radius 3 is 2.47 bits per heavy atom. The van der Waals surface area contributed by atoms with Crippen LogP contribution in [0.2, 0.25) is 0 Å². The third-order valence-corrected chi connectivity index (χ3v) is 4.98. The zero-order valence-electron chi connectivity index (χ0n) is 16.8. The maximum absolute atomic E-state index is 12.7. The van der Waals surface area contributed by atoms with Crippen LogP contribution < -0.4 is 9.47 Å². The molecule has 0 fully saturated rings. The van der Waals surface area contributed by atoms with Gasteiger partial charge in [-0.2, -0.15) is 0 Å². The first-order valence-corrected chi connectivity index (χ1v) is 9.79. The minimum absolute atomic E-state index is 0.114. The van der Waals surface area contributed by atoms with E-state index in [9.17, 15) is 4.79 Å². The number of ether oxygens (including phenoxy) is 2. The van der Waals surface area contributed by atoms with Crippen LogP contribution in [0.3, 0.4) is 0 Å². The van der Waals surface area contributed by atoms with Crippen LogP contribution in [0.5, 0.6) is 11.5 Å². The Morgan fingerprint density at radius 2 is 1.73 bits per heavy atom. The Labute approximate surface area is 176 Å². The summed E-state index contributed by atoms with van der Waals surface area (Å²) in [5.41, 5.74) is 4.57. The Kier molecular flexibility index (Phi) is 5.62. The molecule has 1 aliphatic heterocycles. The van der Waals surface area contributed by atoms with Gasteiger partial charge in [0.2, 0.25) is 5.78 Å². The topological polar surface area (TPSA) is 35.5 Å². The zero-order valence-corrected chi connectivity index (χ0v) is 16.8. The number of ketones is 1. The molecule has 4 rings (SSSR count). The minimum Gasteiger partial charge on any atom is -0.488 e. The summed E-state index contributed by atoms with van der Waals surface area (Å²) in [5, 5.41) is 0. The molecular formula is C27H22O3. The summed E-state index contributed by atoms with van der Waals surface area (Å²) in [6.45, 7) is 6.11. The molecule has 3 aromatic carbocycles. The van der Waals surface area contributed by atoms with Gasteiger partial charge in [-0.05, 0) is 41.8 Å². The van der Waals surface area contributed by atoms with Gasteiger partial charge in [0.05, 0.1) is 5.56 Å². The Balaban J connectivity index is 1.48. The fourth-order valence-electron chi connectivity index (χ4n) is 3.26. The average molecular weight is 394 g/mol. The maximum Gasteiger partial charge on any atom is 0.231 e. The maximum atomic E-state index is 12.7. The second kappa shape index (κ2) is 8.66. The number of allylic oxidation sites excluding steroid dienone is 3. The Hall–Kier alpha value is -3.85. The number of rotatable bonds is 6. The van der Waals surface area contributed by atoms with Crippen molar-refractivity contribution in [1.82, 2.24) is 0 Å². The largest absolute Gasteiger partial charge is 0.488 e. The first-order valence-electron chi connectivity index (χ1n) is 9.79. The van der Waals surface area contributed by atoms with Gasteiger partial charge in [0.15, 0.2) is 5.76 Å². The van der Waals surface area contributed by atoms with Crippen LogP contribution in [0.1, 0.15) is 32.6 Å². The molecule has 0 saturated heterocycles. The second-order valence-electron chi connectivity index (χ2n) is 7.03. The number of Topliss-reactive ketones (excluding diaryl/α,β-unsaturated/α-hetero) is 1. The van der Waals surface area contributed by atoms with Crippen LogP contribution >= 0.6 is 0 Å². The van der Waals surface area contributed by atoms with Gasteiger partial charge in [-0.15, -0.1) is 0 Å². The van der Waals surface area contributed by atoms with Crippen molar-refractivity contribution in [3.63, 3.8) is 0 Å². The molecule has 148 valence electrons. The molecule has 3 aromatic rings. The van der Waals surface area contributed by atoms with Crippen LogP contribution in [-0.4, -0.2) is 5.78 Å². The molecule has 0 atom stereocenters. The van der Waals surface area contributed by atoms with E-state index in [1.807, 2.05) is 85.8 Å². The van der Waals surface area contributed by atoms with Gasteiger partial charge >= 0.3 is 0 Å². The quantitative estimate of drug-likeness (QED) is 0.455. The highest BCUT2D eigenvalue weighted by atomic mass is 16.5. The monoisotopic (exact) mass is 394 g/mol. The Bertz CT molecular complexity index is 1140. The van der Waals surface area contributed by atoms with Crippen LogP contribution in [0.4, 0.5) is 0 Å². The Morgan fingerprint density at radius 1 is 0.967 bits per heavy atom. The number of carbonyl (C=O) groups is 1. The van der Waals surface area contributed by atoms with Crippen LogP contribution in [-0.2, 0) is 6.61 Å². The zero-order chi connectivity index (χ0) is 20.9. The van der Waals surface area contributed by atoms with Crippen molar-refractivity contribution in [3.05, 3.63) is 119 Å². The number of carbonyl (C=O) groups excluding carboxylic acids is 1. The number of benzene rings is 3. The van der Waals surface area contributed by atoms with Gasteiger partial charge in [0.1, 0.15) is 18.1 Å². The summed E-state index contributed by atoms with van der Waals surface area (Å²) in [5.74, 6) is 1.48. The molecule has 0 amide bonds. The summed E-state index contributed by atoms with van der Waals surface area (Å²) in [7, 11) is 0. The van der Waals surface area contributed by atoms with E-state index < -0.39 is 0 Å². The summed E-state index contributed by atoms with van der Waals surface area (Å²) in [6.07, 6.45) is 7.28. The smallest absolute Gasteiger partial charge is 0.231 e. The highest BCUT2D eigenvalue weighted by Gasteiger charge is 2.29. The van der Waals surface area contributed by atoms with Gasteiger partial charge in [-0.1, -0.05) is 79.4 Å². The molecule has 3 heteroatoms. The molecule has 0 N–H and O–H groups in total. The molecule has 0 aliphatic carbocycles. The summed E-state index contributed by atoms with van der Waals surface area (Å²) in [4.78, 5) is 12.7. The molecule has 1 aliphatic rings. The lowest BCUT2D eigenvalue weighted by atomic mass is 10.1. The van der Waals surface area contributed by atoms with E-state index in [0.717, 1.165) is 22.3 Å². The van der Waals surface area contributed by atoms with Crippen molar-refractivity contribution in [3.8, 4) is 11.5 Å². The predicted molar refractivity (Wildman–Crippen MR) is 121 cm³/mol. The lowest BCUT2D eigenvalue weighted by Crippen LogP contribution is -1.98. The molecule has 0 saturated carbocycles. The van der Waals surface area contributed by atoms with Crippen LogP contribution in [0.25, 0.3) is 12.2 Å². The van der Waals surface area contributed by atoms with Gasteiger partial charge in [0.25, 0.3) is 0 Å². The molecular weight excluding hydrogens is 372 g/mol. The van der Waals surface area contributed by atoms with Gasteiger partial charge in [-0.3, -0.25) is 4.79 Å².